The van der Waals surface area contributed by atoms with E-state index in [2.05, 4.69) is 10.0 Å². The number of nitrogens with one attached hydrogen (secondary N) is 2. The first-order chi connectivity index (χ1) is 10.8. The SMILES string of the molecule is CCC(Nc1ccc(C)c(NS(C)(=O)=O)c1)c1ccc(F)cc1. The van der Waals surface area contributed by atoms with Crippen LogP contribution in [0.5, 0.6) is 0 Å². The van der Waals surface area contributed by atoms with Gasteiger partial charge in [-0.3, -0.25) is 4.72 Å². The molecule has 2 aromatic rings. The molecule has 0 fully saturated rings. The fraction of sp³-hybridized carbons (Fsp3) is 0.294. The zero-order chi connectivity index (χ0) is 17.0. The molecule has 0 aromatic heterocycles. The predicted octanol–water partition coefficient (Wildman–Crippen LogP) is 4.07. The molecule has 2 rings (SSSR count). The van der Waals surface area contributed by atoms with E-state index >= 15 is 0 Å². The first-order valence-corrected chi connectivity index (χ1v) is 9.28. The van der Waals surface area contributed by atoms with Crippen molar-refractivity contribution in [2.45, 2.75) is 26.3 Å². The van der Waals surface area contributed by atoms with Crippen molar-refractivity contribution >= 4 is 21.4 Å². The molecule has 2 N–H and O–H groups in total. The second kappa shape index (κ2) is 7.00. The van der Waals surface area contributed by atoms with E-state index < -0.39 is 10.0 Å². The van der Waals surface area contributed by atoms with Crippen LogP contribution in [0.3, 0.4) is 0 Å². The molecule has 0 amide bonds. The normalized spacial score (nSPS) is 12.7. The van der Waals surface area contributed by atoms with Crippen LogP contribution in [-0.4, -0.2) is 14.7 Å². The van der Waals surface area contributed by atoms with Crippen molar-refractivity contribution in [1.82, 2.24) is 0 Å². The van der Waals surface area contributed by atoms with E-state index in [-0.39, 0.29) is 11.9 Å². The number of sulfonamides is 1. The van der Waals surface area contributed by atoms with Crippen molar-refractivity contribution < 1.29 is 12.8 Å². The van der Waals surface area contributed by atoms with Crippen molar-refractivity contribution in [3.8, 4) is 0 Å². The zero-order valence-electron chi connectivity index (χ0n) is 13.4. The Morgan fingerprint density at radius 1 is 1.13 bits per heavy atom. The molecule has 1 unspecified atom stereocenters. The Balaban J connectivity index is 2.24. The summed E-state index contributed by atoms with van der Waals surface area (Å²) in [6, 6.07) is 11.9. The maximum Gasteiger partial charge on any atom is 0.229 e. The second-order valence-corrected chi connectivity index (χ2v) is 7.31. The molecule has 0 spiro atoms. The molecule has 0 radical (unpaired) electrons. The Labute approximate surface area is 136 Å². The maximum atomic E-state index is 13.1. The highest BCUT2D eigenvalue weighted by Gasteiger charge is 2.11. The number of anilines is 2. The Bertz CT molecular complexity index is 774. The minimum absolute atomic E-state index is 0.0180. The molecule has 23 heavy (non-hydrogen) atoms. The quantitative estimate of drug-likeness (QED) is 0.836. The van der Waals surface area contributed by atoms with E-state index in [1.165, 1.54) is 12.1 Å². The number of hydrogen-bond donors (Lipinski definition) is 2. The van der Waals surface area contributed by atoms with E-state index in [0.29, 0.717) is 5.69 Å². The molecule has 1 atom stereocenters. The van der Waals surface area contributed by atoms with Gasteiger partial charge in [0.25, 0.3) is 0 Å². The minimum Gasteiger partial charge on any atom is -0.378 e. The smallest absolute Gasteiger partial charge is 0.229 e. The summed E-state index contributed by atoms with van der Waals surface area (Å²) < 4.78 is 38.4. The standard InChI is InChI=1S/C17H21FN2O2S/c1-4-16(13-6-8-14(18)9-7-13)19-15-10-5-12(2)17(11-15)20-23(3,21)22/h5-11,16,19-20H,4H2,1-3H3. The van der Waals surface area contributed by atoms with Crippen LogP contribution in [0.15, 0.2) is 42.5 Å². The third-order valence-electron chi connectivity index (χ3n) is 3.55. The van der Waals surface area contributed by atoms with Crippen molar-refractivity contribution in [2.24, 2.45) is 0 Å². The van der Waals surface area contributed by atoms with Gasteiger partial charge in [-0.25, -0.2) is 12.8 Å². The van der Waals surface area contributed by atoms with Crippen molar-refractivity contribution in [3.63, 3.8) is 0 Å². The van der Waals surface area contributed by atoms with E-state index in [1.807, 2.05) is 26.0 Å². The highest BCUT2D eigenvalue weighted by molar-refractivity contribution is 7.92. The van der Waals surface area contributed by atoms with Gasteiger partial charge in [0.2, 0.25) is 10.0 Å². The first-order valence-electron chi connectivity index (χ1n) is 7.39. The molecule has 0 saturated heterocycles. The summed E-state index contributed by atoms with van der Waals surface area (Å²) in [7, 11) is -3.33. The number of hydrogen-bond acceptors (Lipinski definition) is 3. The van der Waals surface area contributed by atoms with E-state index in [4.69, 9.17) is 0 Å². The average molecular weight is 336 g/mol. The lowest BCUT2D eigenvalue weighted by Crippen LogP contribution is -2.12. The van der Waals surface area contributed by atoms with Gasteiger partial charge in [0.15, 0.2) is 0 Å². The van der Waals surface area contributed by atoms with Crippen molar-refractivity contribution in [3.05, 3.63) is 59.4 Å². The van der Waals surface area contributed by atoms with Gasteiger partial charge in [-0.05, 0) is 48.7 Å². The Hall–Kier alpha value is -2.08. The lowest BCUT2D eigenvalue weighted by atomic mass is 10.0. The zero-order valence-corrected chi connectivity index (χ0v) is 14.2. The summed E-state index contributed by atoms with van der Waals surface area (Å²) in [6.07, 6.45) is 1.94. The van der Waals surface area contributed by atoms with Crippen LogP contribution in [0.4, 0.5) is 15.8 Å². The molecule has 4 nitrogen and oxygen atoms in total. The first kappa shape index (κ1) is 17.3. The molecule has 0 saturated carbocycles. The molecule has 0 bridgehead atoms. The van der Waals surface area contributed by atoms with Crippen LogP contribution in [0, 0.1) is 12.7 Å². The lowest BCUT2D eigenvalue weighted by molar-refractivity contribution is 0.606. The number of benzene rings is 2. The topological polar surface area (TPSA) is 58.2 Å². The number of halogens is 1. The molecule has 0 aliphatic heterocycles. The largest absolute Gasteiger partial charge is 0.378 e. The fourth-order valence-electron chi connectivity index (χ4n) is 2.34. The molecule has 0 aliphatic rings. The Morgan fingerprint density at radius 2 is 1.78 bits per heavy atom. The third-order valence-corrected chi connectivity index (χ3v) is 4.15. The van der Waals surface area contributed by atoms with E-state index in [1.54, 1.807) is 18.2 Å². The Morgan fingerprint density at radius 3 is 2.35 bits per heavy atom. The summed E-state index contributed by atoms with van der Waals surface area (Å²) in [4.78, 5) is 0. The molecule has 0 aliphatic carbocycles. The number of aryl methyl sites for hydroxylation is 1. The Kier molecular flexibility index (Phi) is 5.26. The van der Waals surface area contributed by atoms with Crippen LogP contribution in [0.25, 0.3) is 0 Å². The molecule has 124 valence electrons. The van der Waals surface area contributed by atoms with Gasteiger partial charge < -0.3 is 5.32 Å². The summed E-state index contributed by atoms with van der Waals surface area (Å²) >= 11 is 0. The predicted molar refractivity (Wildman–Crippen MR) is 92.7 cm³/mol. The van der Waals surface area contributed by atoms with Crippen LogP contribution in [0.2, 0.25) is 0 Å². The van der Waals surface area contributed by atoms with Crippen LogP contribution >= 0.6 is 0 Å². The van der Waals surface area contributed by atoms with E-state index in [0.717, 1.165) is 29.5 Å². The van der Waals surface area contributed by atoms with Gasteiger partial charge in [-0.15, -0.1) is 0 Å². The highest BCUT2D eigenvalue weighted by atomic mass is 32.2. The fourth-order valence-corrected chi connectivity index (χ4v) is 2.96. The van der Waals surface area contributed by atoms with Gasteiger partial charge in [0.05, 0.1) is 18.0 Å². The summed E-state index contributed by atoms with van der Waals surface area (Å²) in [5, 5.41) is 3.36. The minimum atomic E-state index is -3.33. The summed E-state index contributed by atoms with van der Waals surface area (Å²) in [6.45, 7) is 3.87. The van der Waals surface area contributed by atoms with Crippen LogP contribution in [0.1, 0.15) is 30.5 Å². The van der Waals surface area contributed by atoms with Crippen LogP contribution in [-0.2, 0) is 10.0 Å². The molecular weight excluding hydrogens is 315 g/mol. The number of rotatable bonds is 6. The van der Waals surface area contributed by atoms with Gasteiger partial charge >= 0.3 is 0 Å². The molecule has 6 heteroatoms. The van der Waals surface area contributed by atoms with Gasteiger partial charge in [0, 0.05) is 5.69 Å². The van der Waals surface area contributed by atoms with Crippen molar-refractivity contribution in [1.29, 1.82) is 0 Å². The average Bonchev–Trinajstić information content (AvgIpc) is 2.47. The van der Waals surface area contributed by atoms with Gasteiger partial charge in [-0.1, -0.05) is 25.1 Å². The third kappa shape index (κ3) is 4.96. The molecular formula is C17H21FN2O2S. The summed E-state index contributed by atoms with van der Waals surface area (Å²) in [5.74, 6) is -0.265. The monoisotopic (exact) mass is 336 g/mol. The van der Waals surface area contributed by atoms with Crippen LogP contribution < -0.4 is 10.0 Å². The molecule has 2 aromatic carbocycles. The van der Waals surface area contributed by atoms with E-state index in [9.17, 15) is 12.8 Å². The highest BCUT2D eigenvalue weighted by Crippen LogP contribution is 2.26. The van der Waals surface area contributed by atoms with Crippen molar-refractivity contribution in [2.75, 3.05) is 16.3 Å². The second-order valence-electron chi connectivity index (χ2n) is 5.56. The molecule has 0 heterocycles. The van der Waals surface area contributed by atoms with Gasteiger partial charge in [-0.2, -0.15) is 0 Å². The van der Waals surface area contributed by atoms with Gasteiger partial charge in [0.1, 0.15) is 5.82 Å². The lowest BCUT2D eigenvalue weighted by Gasteiger charge is -2.20. The maximum absolute atomic E-state index is 13.1. The summed E-state index contributed by atoms with van der Waals surface area (Å²) in [5.41, 5.74) is 3.17.